The first-order chi connectivity index (χ1) is 11.8. The second-order valence-corrected chi connectivity index (χ2v) is 6.07. The molecule has 0 N–H and O–H groups in total. The molecule has 0 spiro atoms. The molecule has 24 heavy (non-hydrogen) atoms. The molecule has 1 aromatic carbocycles. The van der Waals surface area contributed by atoms with Crippen LogP contribution in [0.4, 0.5) is 5.95 Å². The number of fused-ring (bicyclic) bond motifs is 1. The zero-order valence-electron chi connectivity index (χ0n) is 13.4. The van der Waals surface area contributed by atoms with E-state index in [2.05, 4.69) is 14.9 Å². The highest BCUT2D eigenvalue weighted by atomic mass is 16.5. The standard InChI is InChI=1S/C19H19N3O2/c23-18-16(6-5-15-3-1-2-4-17(15)18)11-14-12-20-19(21-13-14)22-7-9-24-10-8-22/h1-4,11-13H,5-10H2/b16-11+. The van der Waals surface area contributed by atoms with Crippen LogP contribution in [0.2, 0.25) is 0 Å². The molecule has 1 aromatic heterocycles. The fourth-order valence-electron chi connectivity index (χ4n) is 3.19. The molecule has 2 heterocycles. The van der Waals surface area contributed by atoms with Gasteiger partial charge in [-0.25, -0.2) is 9.97 Å². The number of Topliss-reactive ketones (excluding diaryl/α,β-unsaturated/α-hetero) is 1. The molecule has 2 aliphatic rings. The van der Waals surface area contributed by atoms with E-state index in [1.54, 1.807) is 12.4 Å². The second kappa shape index (κ2) is 6.53. The quantitative estimate of drug-likeness (QED) is 0.796. The number of allylic oxidation sites excluding steroid dienone is 1. The van der Waals surface area contributed by atoms with Crippen LogP contribution in [0.25, 0.3) is 6.08 Å². The third kappa shape index (κ3) is 2.95. The van der Waals surface area contributed by atoms with E-state index in [0.29, 0.717) is 13.2 Å². The number of ketones is 1. The highest BCUT2D eigenvalue weighted by Gasteiger charge is 2.21. The lowest BCUT2D eigenvalue weighted by atomic mass is 9.86. The van der Waals surface area contributed by atoms with E-state index in [0.717, 1.165) is 54.1 Å². The lowest BCUT2D eigenvalue weighted by Gasteiger charge is -2.26. The molecule has 0 saturated carbocycles. The number of aromatic nitrogens is 2. The van der Waals surface area contributed by atoms with Crippen LogP contribution in [-0.4, -0.2) is 42.1 Å². The first-order valence-electron chi connectivity index (χ1n) is 8.29. The summed E-state index contributed by atoms with van der Waals surface area (Å²) in [4.78, 5) is 23.6. The average Bonchev–Trinajstić information content (AvgIpc) is 2.66. The van der Waals surface area contributed by atoms with Crippen molar-refractivity contribution in [1.82, 2.24) is 9.97 Å². The Kier molecular flexibility index (Phi) is 4.09. The molecule has 5 heteroatoms. The third-order valence-corrected chi connectivity index (χ3v) is 4.51. The van der Waals surface area contributed by atoms with Crippen molar-refractivity contribution in [2.45, 2.75) is 12.8 Å². The van der Waals surface area contributed by atoms with Crippen LogP contribution in [-0.2, 0) is 11.2 Å². The smallest absolute Gasteiger partial charge is 0.225 e. The van der Waals surface area contributed by atoms with Crippen molar-refractivity contribution in [3.05, 3.63) is 58.9 Å². The second-order valence-electron chi connectivity index (χ2n) is 6.07. The van der Waals surface area contributed by atoms with Crippen LogP contribution < -0.4 is 4.90 Å². The van der Waals surface area contributed by atoms with Crippen LogP contribution in [0.3, 0.4) is 0 Å². The maximum atomic E-state index is 12.6. The molecule has 0 unspecified atom stereocenters. The third-order valence-electron chi connectivity index (χ3n) is 4.51. The number of carbonyl (C=O) groups excluding carboxylic acids is 1. The van der Waals surface area contributed by atoms with Crippen molar-refractivity contribution in [2.24, 2.45) is 0 Å². The molecule has 0 bridgehead atoms. The molecule has 1 saturated heterocycles. The number of benzene rings is 1. The Morgan fingerprint density at radius 1 is 1.04 bits per heavy atom. The summed E-state index contributed by atoms with van der Waals surface area (Å²) in [5.74, 6) is 0.842. The first-order valence-corrected chi connectivity index (χ1v) is 8.29. The van der Waals surface area contributed by atoms with Crippen molar-refractivity contribution >= 4 is 17.8 Å². The number of hydrogen-bond acceptors (Lipinski definition) is 5. The molecule has 0 atom stereocenters. The maximum absolute atomic E-state index is 12.6. The van der Waals surface area contributed by atoms with Crippen LogP contribution in [0.5, 0.6) is 0 Å². The Labute approximate surface area is 141 Å². The van der Waals surface area contributed by atoms with Crippen LogP contribution in [0, 0.1) is 0 Å². The molecule has 122 valence electrons. The number of carbonyl (C=O) groups is 1. The fourth-order valence-corrected chi connectivity index (χ4v) is 3.19. The SMILES string of the molecule is O=C1/C(=C/c2cnc(N3CCOCC3)nc2)CCc2ccccc21. The van der Waals surface area contributed by atoms with E-state index < -0.39 is 0 Å². The van der Waals surface area contributed by atoms with Gasteiger partial charge in [0.25, 0.3) is 0 Å². The molecule has 0 amide bonds. The molecule has 2 aromatic rings. The summed E-state index contributed by atoms with van der Waals surface area (Å²) in [5, 5.41) is 0. The molecule has 0 radical (unpaired) electrons. The Bertz CT molecular complexity index is 777. The van der Waals surface area contributed by atoms with Crippen molar-refractivity contribution < 1.29 is 9.53 Å². The van der Waals surface area contributed by atoms with Gasteiger partial charge in [0.15, 0.2) is 5.78 Å². The number of rotatable bonds is 2. The van der Waals surface area contributed by atoms with Gasteiger partial charge in [-0.05, 0) is 24.5 Å². The summed E-state index contributed by atoms with van der Waals surface area (Å²) in [6.45, 7) is 3.05. The molecular formula is C19H19N3O2. The van der Waals surface area contributed by atoms with Gasteiger partial charge < -0.3 is 9.64 Å². The summed E-state index contributed by atoms with van der Waals surface area (Å²) in [6, 6.07) is 7.84. The van der Waals surface area contributed by atoms with Gasteiger partial charge in [0, 0.05) is 42.2 Å². The highest BCUT2D eigenvalue weighted by Crippen LogP contribution is 2.26. The minimum absolute atomic E-state index is 0.120. The lowest BCUT2D eigenvalue weighted by Crippen LogP contribution is -2.37. The van der Waals surface area contributed by atoms with Crippen molar-refractivity contribution in [1.29, 1.82) is 0 Å². The van der Waals surface area contributed by atoms with Crippen LogP contribution in [0.1, 0.15) is 27.9 Å². The van der Waals surface area contributed by atoms with Crippen molar-refractivity contribution in [2.75, 3.05) is 31.2 Å². The van der Waals surface area contributed by atoms with Gasteiger partial charge in [0.2, 0.25) is 5.95 Å². The van der Waals surface area contributed by atoms with E-state index in [1.165, 1.54) is 0 Å². The van der Waals surface area contributed by atoms with Crippen molar-refractivity contribution in [3.8, 4) is 0 Å². The van der Waals surface area contributed by atoms with E-state index in [-0.39, 0.29) is 5.78 Å². The van der Waals surface area contributed by atoms with Crippen LogP contribution >= 0.6 is 0 Å². The minimum atomic E-state index is 0.120. The summed E-state index contributed by atoms with van der Waals surface area (Å²) < 4.78 is 5.34. The predicted molar refractivity (Wildman–Crippen MR) is 92.1 cm³/mol. The van der Waals surface area contributed by atoms with Gasteiger partial charge in [-0.2, -0.15) is 0 Å². The van der Waals surface area contributed by atoms with Gasteiger partial charge in [0.1, 0.15) is 0 Å². The predicted octanol–water partition coefficient (Wildman–Crippen LogP) is 2.53. The number of nitrogens with zero attached hydrogens (tertiary/aromatic N) is 3. The maximum Gasteiger partial charge on any atom is 0.225 e. The van der Waals surface area contributed by atoms with Gasteiger partial charge in [0.05, 0.1) is 13.2 Å². The normalized spacial score (nSPS) is 19.4. The molecular weight excluding hydrogens is 302 g/mol. The Balaban J connectivity index is 1.54. The summed E-state index contributed by atoms with van der Waals surface area (Å²) in [7, 11) is 0. The minimum Gasteiger partial charge on any atom is -0.378 e. The van der Waals surface area contributed by atoms with E-state index >= 15 is 0 Å². The van der Waals surface area contributed by atoms with Crippen LogP contribution in [0.15, 0.2) is 42.2 Å². The largest absolute Gasteiger partial charge is 0.378 e. The fraction of sp³-hybridized carbons (Fsp3) is 0.316. The molecule has 5 nitrogen and oxygen atoms in total. The number of aryl methyl sites for hydroxylation is 1. The summed E-state index contributed by atoms with van der Waals surface area (Å²) in [5.41, 5.74) is 3.66. The Morgan fingerprint density at radius 3 is 2.58 bits per heavy atom. The Hall–Kier alpha value is -2.53. The van der Waals surface area contributed by atoms with E-state index in [9.17, 15) is 4.79 Å². The number of hydrogen-bond donors (Lipinski definition) is 0. The number of anilines is 1. The first kappa shape index (κ1) is 15.0. The monoisotopic (exact) mass is 321 g/mol. The topological polar surface area (TPSA) is 55.3 Å². The van der Waals surface area contributed by atoms with Gasteiger partial charge >= 0.3 is 0 Å². The average molecular weight is 321 g/mol. The lowest BCUT2D eigenvalue weighted by molar-refractivity contribution is 0.102. The Morgan fingerprint density at radius 2 is 1.79 bits per heavy atom. The summed E-state index contributed by atoms with van der Waals surface area (Å²) in [6.07, 6.45) is 7.17. The van der Waals surface area contributed by atoms with Gasteiger partial charge in [-0.1, -0.05) is 24.3 Å². The van der Waals surface area contributed by atoms with Crippen molar-refractivity contribution in [3.63, 3.8) is 0 Å². The zero-order chi connectivity index (χ0) is 16.4. The highest BCUT2D eigenvalue weighted by molar-refractivity contribution is 6.13. The van der Waals surface area contributed by atoms with Gasteiger partial charge in [-0.3, -0.25) is 4.79 Å². The summed E-state index contributed by atoms with van der Waals surface area (Å²) >= 11 is 0. The van der Waals surface area contributed by atoms with Gasteiger partial charge in [-0.15, -0.1) is 0 Å². The van der Waals surface area contributed by atoms with E-state index in [1.807, 2.05) is 30.3 Å². The molecule has 1 fully saturated rings. The number of morpholine rings is 1. The molecule has 1 aliphatic heterocycles. The molecule has 4 rings (SSSR count). The molecule has 1 aliphatic carbocycles. The number of ether oxygens (including phenoxy) is 1. The zero-order valence-corrected chi connectivity index (χ0v) is 13.4. The van der Waals surface area contributed by atoms with E-state index in [4.69, 9.17) is 4.74 Å².